The van der Waals surface area contributed by atoms with Gasteiger partial charge in [0.2, 0.25) is 5.91 Å². The smallest absolute Gasteiger partial charge is 0.341 e. The van der Waals surface area contributed by atoms with Crippen molar-refractivity contribution < 1.29 is 23.5 Å². The Morgan fingerprint density at radius 2 is 2.05 bits per heavy atom. The third-order valence-electron chi connectivity index (χ3n) is 2.61. The SMILES string of the molecule is CCNC(=O)[C@@H](C)NC(=O)COC(=O)c1ccc(Br)cc1F. The van der Waals surface area contributed by atoms with Crippen molar-refractivity contribution in [2.75, 3.05) is 13.2 Å². The first kappa shape index (κ1) is 18.1. The summed E-state index contributed by atoms with van der Waals surface area (Å²) >= 11 is 3.07. The summed E-state index contributed by atoms with van der Waals surface area (Å²) in [6, 6.07) is 3.09. The standard InChI is InChI=1S/C14H16BrFN2O4/c1-3-17-13(20)8(2)18-12(19)7-22-14(21)10-5-4-9(15)6-11(10)16/h4-6,8H,3,7H2,1-2H3,(H,17,20)(H,18,19)/t8-/m1/s1. The highest BCUT2D eigenvalue weighted by Crippen LogP contribution is 2.15. The summed E-state index contributed by atoms with van der Waals surface area (Å²) < 4.78 is 18.7. The molecular formula is C14H16BrFN2O4. The second kappa shape index (κ2) is 8.47. The van der Waals surface area contributed by atoms with E-state index in [0.29, 0.717) is 11.0 Å². The van der Waals surface area contributed by atoms with Crippen molar-refractivity contribution in [3.8, 4) is 0 Å². The molecule has 1 aromatic carbocycles. The van der Waals surface area contributed by atoms with E-state index in [2.05, 4.69) is 26.6 Å². The molecular weight excluding hydrogens is 359 g/mol. The minimum atomic E-state index is -0.953. The van der Waals surface area contributed by atoms with Gasteiger partial charge in [-0.15, -0.1) is 0 Å². The number of carbonyl (C=O) groups is 3. The molecule has 0 fully saturated rings. The number of amides is 2. The van der Waals surface area contributed by atoms with Crippen LogP contribution in [0.5, 0.6) is 0 Å². The molecule has 1 atom stereocenters. The first-order chi connectivity index (χ1) is 10.3. The van der Waals surface area contributed by atoms with Gasteiger partial charge >= 0.3 is 5.97 Å². The van der Waals surface area contributed by atoms with Gasteiger partial charge in [0.05, 0.1) is 5.56 Å². The molecule has 0 unspecified atom stereocenters. The zero-order valence-corrected chi connectivity index (χ0v) is 13.7. The predicted molar refractivity (Wildman–Crippen MR) is 80.7 cm³/mol. The lowest BCUT2D eigenvalue weighted by molar-refractivity contribution is -0.130. The van der Waals surface area contributed by atoms with Crippen molar-refractivity contribution in [2.24, 2.45) is 0 Å². The van der Waals surface area contributed by atoms with Crippen molar-refractivity contribution in [2.45, 2.75) is 19.9 Å². The van der Waals surface area contributed by atoms with E-state index in [1.54, 1.807) is 6.92 Å². The Morgan fingerprint density at radius 3 is 2.64 bits per heavy atom. The van der Waals surface area contributed by atoms with Gasteiger partial charge in [0.15, 0.2) is 6.61 Å². The highest BCUT2D eigenvalue weighted by Gasteiger charge is 2.18. The maximum absolute atomic E-state index is 13.5. The lowest BCUT2D eigenvalue weighted by Crippen LogP contribution is -2.46. The van der Waals surface area contributed by atoms with Gasteiger partial charge in [-0.25, -0.2) is 9.18 Å². The normalized spacial score (nSPS) is 11.5. The molecule has 0 aliphatic rings. The second-order valence-corrected chi connectivity index (χ2v) is 5.30. The zero-order chi connectivity index (χ0) is 16.7. The van der Waals surface area contributed by atoms with Crippen molar-refractivity contribution in [3.63, 3.8) is 0 Å². The Kier molecular flexibility index (Phi) is 6.97. The average Bonchev–Trinajstić information content (AvgIpc) is 2.45. The Labute approximate surface area is 135 Å². The van der Waals surface area contributed by atoms with Crippen LogP contribution in [-0.2, 0) is 14.3 Å². The maximum atomic E-state index is 13.5. The van der Waals surface area contributed by atoms with Crippen molar-refractivity contribution in [1.82, 2.24) is 10.6 Å². The Balaban J connectivity index is 2.50. The lowest BCUT2D eigenvalue weighted by Gasteiger charge is -2.13. The predicted octanol–water partition coefficient (Wildman–Crippen LogP) is 1.39. The van der Waals surface area contributed by atoms with Crippen LogP contribution in [0.1, 0.15) is 24.2 Å². The minimum Gasteiger partial charge on any atom is -0.452 e. The number of halogens is 2. The molecule has 120 valence electrons. The fourth-order valence-electron chi connectivity index (χ4n) is 1.54. The molecule has 0 heterocycles. The molecule has 0 saturated heterocycles. The van der Waals surface area contributed by atoms with E-state index in [4.69, 9.17) is 4.74 Å². The molecule has 2 amide bonds. The van der Waals surface area contributed by atoms with Gasteiger partial charge < -0.3 is 15.4 Å². The zero-order valence-electron chi connectivity index (χ0n) is 12.1. The molecule has 1 rings (SSSR count). The number of benzene rings is 1. The summed E-state index contributed by atoms with van der Waals surface area (Å²) in [4.78, 5) is 34.7. The maximum Gasteiger partial charge on any atom is 0.341 e. The number of hydrogen-bond donors (Lipinski definition) is 2. The topological polar surface area (TPSA) is 84.5 Å². The van der Waals surface area contributed by atoms with Crippen LogP contribution < -0.4 is 10.6 Å². The van der Waals surface area contributed by atoms with Crippen LogP contribution in [0.25, 0.3) is 0 Å². The number of likely N-dealkylation sites (N-methyl/N-ethyl adjacent to an activating group) is 1. The van der Waals surface area contributed by atoms with Gasteiger partial charge in [0, 0.05) is 11.0 Å². The molecule has 8 heteroatoms. The number of ether oxygens (including phenoxy) is 1. The Hall–Kier alpha value is -1.96. The van der Waals surface area contributed by atoms with Crippen LogP contribution in [0.3, 0.4) is 0 Å². The van der Waals surface area contributed by atoms with E-state index in [0.717, 1.165) is 6.07 Å². The largest absolute Gasteiger partial charge is 0.452 e. The van der Waals surface area contributed by atoms with Crippen LogP contribution in [0, 0.1) is 5.82 Å². The summed E-state index contributed by atoms with van der Waals surface area (Å²) in [5.74, 6) is -2.70. The lowest BCUT2D eigenvalue weighted by atomic mass is 10.2. The van der Waals surface area contributed by atoms with Crippen molar-refractivity contribution in [3.05, 3.63) is 34.1 Å². The minimum absolute atomic E-state index is 0.271. The quantitative estimate of drug-likeness (QED) is 0.736. The summed E-state index contributed by atoms with van der Waals surface area (Å²) in [7, 11) is 0. The highest BCUT2D eigenvalue weighted by molar-refractivity contribution is 9.10. The van der Waals surface area contributed by atoms with E-state index in [-0.39, 0.29) is 11.5 Å². The molecule has 0 aromatic heterocycles. The monoisotopic (exact) mass is 374 g/mol. The molecule has 2 N–H and O–H groups in total. The van der Waals surface area contributed by atoms with Gasteiger partial charge in [-0.1, -0.05) is 15.9 Å². The summed E-state index contributed by atoms with van der Waals surface area (Å²) in [5, 5.41) is 4.90. The molecule has 0 aliphatic heterocycles. The molecule has 0 spiro atoms. The summed E-state index contributed by atoms with van der Waals surface area (Å²) in [6.45, 7) is 3.09. The van der Waals surface area contributed by atoms with Gasteiger partial charge in [-0.2, -0.15) is 0 Å². The van der Waals surface area contributed by atoms with E-state index in [1.165, 1.54) is 19.1 Å². The Bertz CT molecular complexity index is 580. The van der Waals surface area contributed by atoms with Crippen LogP contribution >= 0.6 is 15.9 Å². The van der Waals surface area contributed by atoms with Crippen molar-refractivity contribution in [1.29, 1.82) is 0 Å². The Morgan fingerprint density at radius 1 is 1.36 bits per heavy atom. The van der Waals surface area contributed by atoms with E-state index in [9.17, 15) is 18.8 Å². The number of carbonyl (C=O) groups excluding carboxylic acids is 3. The average molecular weight is 375 g/mol. The fraction of sp³-hybridized carbons (Fsp3) is 0.357. The molecule has 0 radical (unpaired) electrons. The highest BCUT2D eigenvalue weighted by atomic mass is 79.9. The van der Waals surface area contributed by atoms with Gasteiger partial charge in [-0.05, 0) is 32.0 Å². The molecule has 0 saturated carbocycles. The number of hydrogen-bond acceptors (Lipinski definition) is 4. The molecule has 6 nitrogen and oxygen atoms in total. The molecule has 0 aliphatic carbocycles. The number of rotatable bonds is 6. The molecule has 0 bridgehead atoms. The second-order valence-electron chi connectivity index (χ2n) is 4.38. The van der Waals surface area contributed by atoms with Gasteiger partial charge in [0.1, 0.15) is 11.9 Å². The molecule has 22 heavy (non-hydrogen) atoms. The van der Waals surface area contributed by atoms with E-state index in [1.807, 2.05) is 0 Å². The third-order valence-corrected chi connectivity index (χ3v) is 3.10. The van der Waals surface area contributed by atoms with Crippen LogP contribution in [0.4, 0.5) is 4.39 Å². The van der Waals surface area contributed by atoms with E-state index < -0.39 is 30.3 Å². The summed E-state index contributed by atoms with van der Waals surface area (Å²) in [5.41, 5.74) is -0.271. The van der Waals surface area contributed by atoms with Crippen LogP contribution in [-0.4, -0.2) is 37.0 Å². The van der Waals surface area contributed by atoms with Crippen molar-refractivity contribution >= 4 is 33.7 Å². The first-order valence-corrected chi connectivity index (χ1v) is 7.33. The van der Waals surface area contributed by atoms with E-state index >= 15 is 0 Å². The third kappa shape index (κ3) is 5.44. The van der Waals surface area contributed by atoms with Gasteiger partial charge in [-0.3, -0.25) is 9.59 Å². The van der Waals surface area contributed by atoms with Crippen LogP contribution in [0.2, 0.25) is 0 Å². The molecule has 1 aromatic rings. The summed E-state index contributed by atoms with van der Waals surface area (Å²) in [6.07, 6.45) is 0. The van der Waals surface area contributed by atoms with Crippen LogP contribution in [0.15, 0.2) is 22.7 Å². The van der Waals surface area contributed by atoms with Gasteiger partial charge in [0.25, 0.3) is 5.91 Å². The first-order valence-electron chi connectivity index (χ1n) is 6.54. The number of nitrogens with one attached hydrogen (secondary N) is 2. The number of esters is 1. The fourth-order valence-corrected chi connectivity index (χ4v) is 1.87.